The Bertz CT molecular complexity index is 206. The van der Waals surface area contributed by atoms with Gasteiger partial charge in [-0.05, 0) is 38.5 Å². The van der Waals surface area contributed by atoms with Crippen molar-refractivity contribution in [1.29, 1.82) is 0 Å². The van der Waals surface area contributed by atoms with E-state index in [9.17, 15) is 0 Å². The summed E-state index contributed by atoms with van der Waals surface area (Å²) in [4.78, 5) is 2.58. The molecule has 0 aromatic carbocycles. The Morgan fingerprint density at radius 1 is 0.310 bits per heavy atom. The molecule has 182 valence electrons. The van der Waals surface area contributed by atoms with Gasteiger partial charge in [0.25, 0.3) is 0 Å². The van der Waals surface area contributed by atoms with Crippen LogP contribution in [0.2, 0.25) is 0 Å². The summed E-state index contributed by atoms with van der Waals surface area (Å²) in [5.41, 5.74) is 0. The van der Waals surface area contributed by atoms with Gasteiger partial charge in [0.05, 0.1) is 0 Å². The normalized spacial score (nSPS) is 20.0. The van der Waals surface area contributed by atoms with Crippen molar-refractivity contribution in [1.82, 2.24) is 0 Å². The SMILES string of the molecule is BrC1CCCC1.BrC1CCCC1.BrC1CCCC1.C1CCCC1.[CH3-].[CH3-].[CH3-].[CH3-].[Os+2].[Os+2]. The maximum absolute atomic E-state index is 3.54. The minimum atomic E-state index is 0. The third-order valence-electron chi connectivity index (χ3n) is 5.10. The minimum Gasteiger partial charge on any atom is -0.358 e. The third-order valence-corrected chi connectivity index (χ3v) is 7.85. The summed E-state index contributed by atoms with van der Waals surface area (Å²) in [6.07, 6.45) is 24.6. The topological polar surface area (TPSA) is 0 Å². The van der Waals surface area contributed by atoms with Gasteiger partial charge in [-0.1, -0.05) is 118 Å². The Morgan fingerprint density at radius 3 is 0.517 bits per heavy atom. The summed E-state index contributed by atoms with van der Waals surface area (Å²) < 4.78 is 0. The van der Waals surface area contributed by atoms with E-state index in [1.807, 2.05) is 0 Å². The third kappa shape index (κ3) is 30.7. The largest absolute Gasteiger partial charge is 2.00 e. The molecule has 5 heteroatoms. The fourth-order valence-electron chi connectivity index (χ4n) is 3.51. The molecule has 0 aromatic heterocycles. The van der Waals surface area contributed by atoms with Crippen molar-refractivity contribution in [3.63, 3.8) is 0 Å². The van der Waals surface area contributed by atoms with Gasteiger partial charge in [0.15, 0.2) is 0 Å². The van der Waals surface area contributed by atoms with E-state index in [1.54, 1.807) is 0 Å². The van der Waals surface area contributed by atoms with E-state index in [-0.39, 0.29) is 69.3 Å². The van der Waals surface area contributed by atoms with Crippen LogP contribution in [-0.2, 0) is 39.6 Å². The Hall–Kier alpha value is 2.71. The van der Waals surface area contributed by atoms with Crippen LogP contribution in [0.15, 0.2) is 0 Å². The van der Waals surface area contributed by atoms with E-state index in [2.05, 4.69) is 47.8 Å². The molecule has 4 fully saturated rings. The molecule has 0 bridgehead atoms. The average molecular weight is 958 g/mol. The van der Waals surface area contributed by atoms with Crippen LogP contribution in [0.5, 0.6) is 0 Å². The van der Waals surface area contributed by atoms with Crippen molar-refractivity contribution in [2.75, 3.05) is 0 Å². The van der Waals surface area contributed by atoms with Crippen LogP contribution in [0.4, 0.5) is 0 Å². The van der Waals surface area contributed by atoms with Gasteiger partial charge >= 0.3 is 39.6 Å². The molecular weight excluding hydrogens is 908 g/mol. The number of hydrogen-bond acceptors (Lipinski definition) is 0. The van der Waals surface area contributed by atoms with Gasteiger partial charge in [0, 0.05) is 14.5 Å². The number of alkyl halides is 3. The monoisotopic (exact) mass is 958 g/mol. The molecule has 4 aliphatic rings. The van der Waals surface area contributed by atoms with Crippen LogP contribution in [-0.4, -0.2) is 14.5 Å². The molecular formula is C24H49Br3Os2. The van der Waals surface area contributed by atoms with E-state index in [0.29, 0.717) is 0 Å². The zero-order valence-electron chi connectivity index (χ0n) is 19.6. The molecule has 4 saturated carbocycles. The molecule has 0 nitrogen and oxygen atoms in total. The second-order valence-electron chi connectivity index (χ2n) is 7.41. The fraction of sp³-hybridized carbons (Fsp3) is 0.833. The summed E-state index contributed by atoms with van der Waals surface area (Å²) in [7, 11) is 0. The van der Waals surface area contributed by atoms with Crippen molar-refractivity contribution in [3.05, 3.63) is 29.7 Å². The van der Waals surface area contributed by atoms with E-state index >= 15 is 0 Å². The smallest absolute Gasteiger partial charge is 0.358 e. The molecule has 0 saturated heterocycles. The minimum absolute atomic E-state index is 0. The second-order valence-corrected chi connectivity index (χ2v) is 11.3. The number of halogens is 3. The summed E-state index contributed by atoms with van der Waals surface area (Å²) in [5.74, 6) is 0. The number of hydrogen-bond donors (Lipinski definition) is 0. The van der Waals surface area contributed by atoms with Crippen molar-refractivity contribution >= 4 is 47.8 Å². The zero-order chi connectivity index (χ0) is 16.8. The quantitative estimate of drug-likeness (QED) is 0.168. The summed E-state index contributed by atoms with van der Waals surface area (Å²) in [5, 5.41) is 0. The Morgan fingerprint density at radius 2 is 0.448 bits per heavy atom. The van der Waals surface area contributed by atoms with E-state index in [1.165, 1.54) is 109 Å². The second kappa shape index (κ2) is 32.9. The van der Waals surface area contributed by atoms with Crippen molar-refractivity contribution in [2.24, 2.45) is 0 Å². The first-order valence-electron chi connectivity index (χ1n) is 10.1. The zero-order valence-corrected chi connectivity index (χ0v) is 29.4. The van der Waals surface area contributed by atoms with Gasteiger partial charge in [-0.15, -0.1) is 0 Å². The van der Waals surface area contributed by atoms with E-state index in [4.69, 9.17) is 0 Å². The first-order chi connectivity index (χ1) is 11.2. The first-order valence-corrected chi connectivity index (χ1v) is 12.9. The summed E-state index contributed by atoms with van der Waals surface area (Å²) in [6.45, 7) is 0. The molecule has 29 heavy (non-hydrogen) atoms. The first kappa shape index (κ1) is 45.2. The van der Waals surface area contributed by atoms with Crippen LogP contribution in [0.25, 0.3) is 0 Å². The molecule has 0 spiro atoms. The predicted molar refractivity (Wildman–Crippen MR) is 142 cm³/mol. The van der Waals surface area contributed by atoms with Gasteiger partial charge in [-0.2, -0.15) is 0 Å². The molecule has 0 heterocycles. The van der Waals surface area contributed by atoms with Crippen molar-refractivity contribution < 1.29 is 39.6 Å². The molecule has 0 atom stereocenters. The van der Waals surface area contributed by atoms with E-state index < -0.39 is 0 Å². The van der Waals surface area contributed by atoms with Crippen molar-refractivity contribution in [3.8, 4) is 0 Å². The van der Waals surface area contributed by atoms with Crippen LogP contribution in [0, 0.1) is 29.7 Å². The Labute approximate surface area is 238 Å². The molecule has 0 aromatic rings. The molecule has 0 unspecified atom stereocenters. The molecule has 0 radical (unpaired) electrons. The van der Waals surface area contributed by atoms with Gasteiger partial charge < -0.3 is 29.7 Å². The van der Waals surface area contributed by atoms with Gasteiger partial charge in [-0.3, -0.25) is 0 Å². The van der Waals surface area contributed by atoms with Crippen LogP contribution in [0.3, 0.4) is 0 Å². The maximum atomic E-state index is 3.54. The van der Waals surface area contributed by atoms with Gasteiger partial charge in [0.1, 0.15) is 0 Å². The predicted octanol–water partition coefficient (Wildman–Crippen LogP) is 10.7. The summed E-state index contributed by atoms with van der Waals surface area (Å²) >= 11 is 10.6. The van der Waals surface area contributed by atoms with Crippen LogP contribution >= 0.6 is 47.8 Å². The average Bonchev–Trinajstić information content (AvgIpc) is 3.31. The van der Waals surface area contributed by atoms with Crippen LogP contribution < -0.4 is 0 Å². The summed E-state index contributed by atoms with van der Waals surface area (Å²) in [6, 6.07) is 0. The Kier molecular flexibility index (Phi) is 51.3. The fourth-order valence-corrected chi connectivity index (χ4v) is 5.45. The van der Waals surface area contributed by atoms with E-state index in [0.717, 1.165) is 14.5 Å². The van der Waals surface area contributed by atoms with Crippen molar-refractivity contribution in [2.45, 2.75) is 124 Å². The maximum Gasteiger partial charge on any atom is 2.00 e. The molecule has 4 rings (SSSR count). The molecule has 0 N–H and O–H groups in total. The van der Waals surface area contributed by atoms with Gasteiger partial charge in [-0.25, -0.2) is 0 Å². The standard InChI is InChI=1S/3C5H9Br.C5H10.4CH3.2Os/c3*6-5-3-1-2-4-5;1-2-4-5-3-1;;;;;;/h3*5H,1-4H2;1-5H2;4*1H3;;/q;;;;4*-1;2*+2. The Balaban J connectivity index is -0.0000000570. The molecule has 0 amide bonds. The van der Waals surface area contributed by atoms with Crippen LogP contribution in [0.1, 0.15) is 109 Å². The molecule has 0 aliphatic heterocycles. The van der Waals surface area contributed by atoms with Gasteiger partial charge in [0.2, 0.25) is 0 Å². The molecule has 4 aliphatic carbocycles. The number of rotatable bonds is 0.